The standard InChI is InChI=1S/C21H27N5O3S/c1-22-19-13-18(16-12-20(27)25(2)14-16)23-21(24-19)15-8-10-26(11-9-15)30(28,29)17-6-4-3-5-7-17/h3-7,13,15-16H,8-12,14H2,1-2H3,(H,22,23,24)/t16-/m1/s1. The first-order chi connectivity index (χ1) is 14.4. The fourth-order valence-electron chi connectivity index (χ4n) is 4.16. The number of hydrogen-bond acceptors (Lipinski definition) is 6. The van der Waals surface area contributed by atoms with E-state index in [0.29, 0.717) is 43.8 Å². The van der Waals surface area contributed by atoms with E-state index >= 15 is 0 Å². The number of likely N-dealkylation sites (tertiary alicyclic amines) is 1. The van der Waals surface area contributed by atoms with Gasteiger partial charge in [0.15, 0.2) is 0 Å². The van der Waals surface area contributed by atoms with Crippen LogP contribution in [-0.2, 0) is 14.8 Å². The highest BCUT2D eigenvalue weighted by molar-refractivity contribution is 7.89. The van der Waals surface area contributed by atoms with Crippen molar-refractivity contribution in [3.8, 4) is 0 Å². The summed E-state index contributed by atoms with van der Waals surface area (Å²) in [5.41, 5.74) is 0.876. The van der Waals surface area contributed by atoms with Gasteiger partial charge in [0.05, 0.1) is 10.6 Å². The maximum atomic E-state index is 12.9. The molecule has 1 atom stereocenters. The van der Waals surface area contributed by atoms with E-state index in [4.69, 9.17) is 4.98 Å². The first-order valence-corrected chi connectivity index (χ1v) is 11.7. The van der Waals surface area contributed by atoms with Crippen molar-refractivity contribution in [3.05, 3.63) is 47.9 Å². The van der Waals surface area contributed by atoms with Crippen LogP contribution in [-0.4, -0.2) is 67.2 Å². The monoisotopic (exact) mass is 429 g/mol. The van der Waals surface area contributed by atoms with Crippen molar-refractivity contribution in [2.75, 3.05) is 39.0 Å². The molecule has 0 bridgehead atoms. The Kier molecular flexibility index (Phi) is 5.75. The SMILES string of the molecule is CNc1cc([C@@H]2CC(=O)N(C)C2)nc(C2CCN(S(=O)(=O)c3ccccc3)CC2)n1. The van der Waals surface area contributed by atoms with Crippen LogP contribution in [0.15, 0.2) is 41.3 Å². The van der Waals surface area contributed by atoms with E-state index < -0.39 is 10.0 Å². The molecule has 1 N–H and O–H groups in total. The summed E-state index contributed by atoms with van der Waals surface area (Å²) in [5, 5.41) is 3.09. The molecule has 160 valence electrons. The van der Waals surface area contributed by atoms with Gasteiger partial charge in [-0.15, -0.1) is 0 Å². The summed E-state index contributed by atoms with van der Waals surface area (Å²) in [6, 6.07) is 10.5. The molecule has 0 saturated carbocycles. The lowest BCUT2D eigenvalue weighted by molar-refractivity contribution is -0.126. The summed E-state index contributed by atoms with van der Waals surface area (Å²) in [7, 11) is 0.151. The second-order valence-electron chi connectivity index (χ2n) is 7.95. The Hall–Kier alpha value is -2.52. The van der Waals surface area contributed by atoms with Crippen LogP contribution < -0.4 is 5.32 Å². The van der Waals surface area contributed by atoms with Gasteiger partial charge in [-0.3, -0.25) is 4.79 Å². The number of likely N-dealkylation sites (N-methyl/N-ethyl adjacent to an activating group) is 1. The van der Waals surface area contributed by atoms with Crippen LogP contribution in [0, 0.1) is 0 Å². The molecular formula is C21H27N5O3S. The van der Waals surface area contributed by atoms with Gasteiger partial charge in [-0.05, 0) is 25.0 Å². The lowest BCUT2D eigenvalue weighted by atomic mass is 9.96. The number of piperidine rings is 1. The zero-order chi connectivity index (χ0) is 21.3. The molecule has 0 radical (unpaired) electrons. The van der Waals surface area contributed by atoms with Crippen molar-refractivity contribution in [2.45, 2.75) is 36.0 Å². The van der Waals surface area contributed by atoms with Crippen LogP contribution >= 0.6 is 0 Å². The molecule has 1 aromatic heterocycles. The molecule has 9 heteroatoms. The van der Waals surface area contributed by atoms with Gasteiger partial charge in [-0.1, -0.05) is 18.2 Å². The van der Waals surface area contributed by atoms with Gasteiger partial charge in [0.2, 0.25) is 15.9 Å². The van der Waals surface area contributed by atoms with Gasteiger partial charge in [0.25, 0.3) is 0 Å². The van der Waals surface area contributed by atoms with E-state index in [1.807, 2.05) is 26.2 Å². The molecule has 0 unspecified atom stereocenters. The number of nitrogens with zero attached hydrogens (tertiary/aromatic N) is 4. The Bertz CT molecular complexity index is 1020. The number of amides is 1. The zero-order valence-corrected chi connectivity index (χ0v) is 18.1. The second kappa shape index (κ2) is 8.31. The minimum atomic E-state index is -3.48. The highest BCUT2D eigenvalue weighted by Gasteiger charge is 2.33. The van der Waals surface area contributed by atoms with Crippen LogP contribution in [0.1, 0.15) is 42.6 Å². The Balaban J connectivity index is 1.51. The Morgan fingerprint density at radius 1 is 1.07 bits per heavy atom. The Morgan fingerprint density at radius 3 is 2.37 bits per heavy atom. The fraction of sp³-hybridized carbons (Fsp3) is 0.476. The number of carbonyl (C=O) groups excluding carboxylic acids is 1. The van der Waals surface area contributed by atoms with Gasteiger partial charge in [-0.2, -0.15) is 4.31 Å². The van der Waals surface area contributed by atoms with Crippen molar-refractivity contribution in [2.24, 2.45) is 0 Å². The number of rotatable bonds is 5. The van der Waals surface area contributed by atoms with Gasteiger partial charge >= 0.3 is 0 Å². The predicted molar refractivity (Wildman–Crippen MR) is 114 cm³/mol. The van der Waals surface area contributed by atoms with E-state index in [9.17, 15) is 13.2 Å². The number of nitrogens with one attached hydrogen (secondary N) is 1. The maximum Gasteiger partial charge on any atom is 0.243 e. The highest BCUT2D eigenvalue weighted by atomic mass is 32.2. The van der Waals surface area contributed by atoms with Gasteiger partial charge in [0, 0.05) is 58.1 Å². The maximum absolute atomic E-state index is 12.9. The highest BCUT2D eigenvalue weighted by Crippen LogP contribution is 2.32. The smallest absolute Gasteiger partial charge is 0.243 e. The first kappa shape index (κ1) is 20.7. The number of carbonyl (C=O) groups is 1. The number of hydrogen-bond donors (Lipinski definition) is 1. The molecular weight excluding hydrogens is 402 g/mol. The summed E-state index contributed by atoms with van der Waals surface area (Å²) in [6.07, 6.45) is 1.80. The second-order valence-corrected chi connectivity index (χ2v) is 9.89. The molecule has 2 aromatic rings. The van der Waals surface area contributed by atoms with Crippen LogP contribution in [0.3, 0.4) is 0 Å². The summed E-state index contributed by atoms with van der Waals surface area (Å²) >= 11 is 0. The third kappa shape index (κ3) is 4.04. The average Bonchev–Trinajstić information content (AvgIpc) is 3.12. The third-order valence-corrected chi connectivity index (χ3v) is 7.89. The van der Waals surface area contributed by atoms with Crippen LogP contribution in [0.2, 0.25) is 0 Å². The first-order valence-electron chi connectivity index (χ1n) is 10.2. The number of aromatic nitrogens is 2. The number of sulfonamides is 1. The minimum absolute atomic E-state index is 0.0647. The lowest BCUT2D eigenvalue weighted by Crippen LogP contribution is -2.38. The largest absolute Gasteiger partial charge is 0.373 e. The van der Waals surface area contributed by atoms with Crippen LogP contribution in [0.4, 0.5) is 5.82 Å². The summed E-state index contributed by atoms with van der Waals surface area (Å²) in [4.78, 5) is 23.5. The molecule has 2 fully saturated rings. The molecule has 2 aliphatic heterocycles. The topological polar surface area (TPSA) is 95.5 Å². The minimum Gasteiger partial charge on any atom is -0.373 e. The van der Waals surface area contributed by atoms with E-state index in [1.54, 1.807) is 33.5 Å². The predicted octanol–water partition coefficient (Wildman–Crippen LogP) is 2.03. The molecule has 3 heterocycles. The van der Waals surface area contributed by atoms with Crippen molar-refractivity contribution < 1.29 is 13.2 Å². The van der Waals surface area contributed by atoms with Gasteiger partial charge < -0.3 is 10.2 Å². The molecule has 1 aromatic carbocycles. The van der Waals surface area contributed by atoms with Gasteiger partial charge in [-0.25, -0.2) is 18.4 Å². The van der Waals surface area contributed by atoms with Crippen molar-refractivity contribution in [1.82, 2.24) is 19.2 Å². The molecule has 8 nitrogen and oxygen atoms in total. The summed E-state index contributed by atoms with van der Waals surface area (Å²) in [5.74, 6) is 1.75. The average molecular weight is 430 g/mol. The molecule has 2 aliphatic rings. The van der Waals surface area contributed by atoms with Crippen LogP contribution in [0.5, 0.6) is 0 Å². The Morgan fingerprint density at radius 2 is 1.77 bits per heavy atom. The number of anilines is 1. The van der Waals surface area contributed by atoms with E-state index in [0.717, 1.165) is 17.3 Å². The van der Waals surface area contributed by atoms with Crippen molar-refractivity contribution in [1.29, 1.82) is 0 Å². The Labute approximate surface area is 177 Å². The van der Waals surface area contributed by atoms with Gasteiger partial charge in [0.1, 0.15) is 11.6 Å². The fourth-order valence-corrected chi connectivity index (χ4v) is 5.65. The lowest BCUT2D eigenvalue weighted by Gasteiger charge is -2.30. The van der Waals surface area contributed by atoms with E-state index in [-0.39, 0.29) is 17.7 Å². The summed E-state index contributed by atoms with van der Waals surface area (Å²) < 4.78 is 27.3. The molecule has 2 saturated heterocycles. The molecule has 0 aliphatic carbocycles. The molecule has 30 heavy (non-hydrogen) atoms. The molecule has 0 spiro atoms. The van der Waals surface area contributed by atoms with E-state index in [2.05, 4.69) is 10.3 Å². The zero-order valence-electron chi connectivity index (χ0n) is 17.3. The number of benzene rings is 1. The quantitative estimate of drug-likeness (QED) is 0.781. The summed E-state index contributed by atoms with van der Waals surface area (Å²) in [6.45, 7) is 1.54. The molecule has 1 amide bonds. The van der Waals surface area contributed by atoms with Crippen molar-refractivity contribution in [3.63, 3.8) is 0 Å². The van der Waals surface area contributed by atoms with Crippen LogP contribution in [0.25, 0.3) is 0 Å². The third-order valence-electron chi connectivity index (χ3n) is 5.98. The van der Waals surface area contributed by atoms with Crippen molar-refractivity contribution >= 4 is 21.7 Å². The molecule has 4 rings (SSSR count). The van der Waals surface area contributed by atoms with E-state index in [1.165, 1.54) is 0 Å². The normalized spacial score (nSPS) is 21.2.